The Labute approximate surface area is 197 Å². The van der Waals surface area contributed by atoms with Crippen molar-refractivity contribution in [1.82, 2.24) is 9.88 Å². The number of phenolic OH excluding ortho intramolecular Hbond substituents is 1. The second-order valence-electron chi connectivity index (χ2n) is 8.51. The lowest BCUT2D eigenvalue weighted by atomic mass is 9.93. The molecule has 0 bridgehead atoms. The van der Waals surface area contributed by atoms with Crippen molar-refractivity contribution in [2.24, 2.45) is 0 Å². The summed E-state index contributed by atoms with van der Waals surface area (Å²) in [6.07, 6.45) is 1.67. The maximum absolute atomic E-state index is 13.3. The second-order valence-corrected chi connectivity index (χ2v) is 8.92. The molecule has 33 heavy (non-hydrogen) atoms. The smallest absolute Gasteiger partial charge is 0.147 e. The van der Waals surface area contributed by atoms with Crippen LogP contribution in [0, 0.1) is 12.7 Å². The van der Waals surface area contributed by atoms with Crippen LogP contribution in [0.5, 0.6) is 5.75 Å². The van der Waals surface area contributed by atoms with Crippen molar-refractivity contribution in [3.05, 3.63) is 100 Å². The Morgan fingerprint density at radius 1 is 0.970 bits per heavy atom. The summed E-state index contributed by atoms with van der Waals surface area (Å²) in [4.78, 5) is 9.03. The number of benzene rings is 3. The maximum atomic E-state index is 13.3. The monoisotopic (exact) mass is 461 g/mol. The number of pyridine rings is 1. The van der Waals surface area contributed by atoms with Gasteiger partial charge in [-0.05, 0) is 55.0 Å². The summed E-state index contributed by atoms with van der Waals surface area (Å²) in [5, 5.41) is 12.6. The summed E-state index contributed by atoms with van der Waals surface area (Å²) in [5.41, 5.74) is 4.56. The molecule has 0 radical (unpaired) electrons. The number of rotatable bonds is 4. The Hall–Kier alpha value is -3.15. The number of halogens is 2. The lowest BCUT2D eigenvalue weighted by molar-refractivity contribution is 0.209. The summed E-state index contributed by atoms with van der Waals surface area (Å²) >= 11 is 6.64. The average molecular weight is 462 g/mol. The Morgan fingerprint density at radius 3 is 2.36 bits per heavy atom. The lowest BCUT2D eigenvalue weighted by Gasteiger charge is -2.41. The second kappa shape index (κ2) is 9.00. The van der Waals surface area contributed by atoms with E-state index in [-0.39, 0.29) is 17.6 Å². The molecule has 168 valence electrons. The summed E-state index contributed by atoms with van der Waals surface area (Å²) in [7, 11) is 0. The third-order valence-corrected chi connectivity index (χ3v) is 6.72. The van der Waals surface area contributed by atoms with Crippen molar-refractivity contribution in [3.8, 4) is 5.75 Å². The molecule has 1 aliphatic rings. The molecular weight excluding hydrogens is 437 g/mol. The number of hydrogen-bond donors (Lipinski definition) is 1. The summed E-state index contributed by atoms with van der Waals surface area (Å²) < 4.78 is 13.3. The van der Waals surface area contributed by atoms with Gasteiger partial charge in [-0.15, -0.1) is 0 Å². The summed E-state index contributed by atoms with van der Waals surface area (Å²) in [5.74, 6) is -0.0596. The Bertz CT molecular complexity index is 1270. The SMILES string of the molecule is Cc1ccc([C@H](c2cc(Cl)c3cccnc3c2O)N2CCN(c3ccc(F)cc3)CC2)cc1. The minimum absolute atomic E-state index is 0.162. The van der Waals surface area contributed by atoms with Gasteiger partial charge in [0.2, 0.25) is 0 Å². The fraction of sp³-hybridized carbons (Fsp3) is 0.222. The van der Waals surface area contributed by atoms with Crippen LogP contribution in [0.1, 0.15) is 22.7 Å². The fourth-order valence-electron chi connectivity index (χ4n) is 4.64. The number of aromatic nitrogens is 1. The molecule has 4 aromatic rings. The number of aryl methyl sites for hydroxylation is 1. The number of piperazine rings is 1. The minimum Gasteiger partial charge on any atom is -0.505 e. The zero-order chi connectivity index (χ0) is 22.9. The maximum Gasteiger partial charge on any atom is 0.147 e. The molecule has 4 nitrogen and oxygen atoms in total. The number of phenols is 1. The quantitative estimate of drug-likeness (QED) is 0.407. The Morgan fingerprint density at radius 2 is 1.67 bits per heavy atom. The van der Waals surface area contributed by atoms with E-state index in [2.05, 4.69) is 46.0 Å². The molecule has 1 N–H and O–H groups in total. The van der Waals surface area contributed by atoms with E-state index in [1.807, 2.05) is 30.3 Å². The third kappa shape index (κ3) is 4.26. The van der Waals surface area contributed by atoms with Gasteiger partial charge in [0, 0.05) is 49.0 Å². The molecule has 2 heterocycles. The molecule has 1 saturated heterocycles. The van der Waals surface area contributed by atoms with Gasteiger partial charge in [0.15, 0.2) is 0 Å². The number of aromatic hydroxyl groups is 1. The lowest BCUT2D eigenvalue weighted by Crippen LogP contribution is -2.48. The van der Waals surface area contributed by atoms with E-state index < -0.39 is 0 Å². The highest BCUT2D eigenvalue weighted by molar-refractivity contribution is 6.35. The highest BCUT2D eigenvalue weighted by Crippen LogP contribution is 2.41. The van der Waals surface area contributed by atoms with Crippen LogP contribution in [0.4, 0.5) is 10.1 Å². The van der Waals surface area contributed by atoms with Crippen molar-refractivity contribution in [1.29, 1.82) is 0 Å². The molecule has 3 aromatic carbocycles. The number of fused-ring (bicyclic) bond motifs is 1. The zero-order valence-corrected chi connectivity index (χ0v) is 19.1. The first kappa shape index (κ1) is 21.7. The van der Waals surface area contributed by atoms with E-state index in [1.165, 1.54) is 17.7 Å². The first-order valence-corrected chi connectivity index (χ1v) is 11.5. The number of nitrogens with zero attached hydrogens (tertiary/aromatic N) is 3. The van der Waals surface area contributed by atoms with E-state index in [0.29, 0.717) is 10.5 Å². The van der Waals surface area contributed by atoms with Crippen LogP contribution in [0.15, 0.2) is 72.9 Å². The van der Waals surface area contributed by atoms with Gasteiger partial charge in [0.1, 0.15) is 17.1 Å². The molecule has 1 atom stereocenters. The van der Waals surface area contributed by atoms with Gasteiger partial charge >= 0.3 is 0 Å². The fourth-order valence-corrected chi connectivity index (χ4v) is 4.91. The first-order chi connectivity index (χ1) is 16.0. The molecule has 1 aromatic heterocycles. The Kier molecular flexibility index (Phi) is 5.92. The highest BCUT2D eigenvalue weighted by atomic mass is 35.5. The summed E-state index contributed by atoms with van der Waals surface area (Å²) in [6, 6.07) is 20.5. The van der Waals surface area contributed by atoms with Gasteiger partial charge in [-0.25, -0.2) is 4.39 Å². The van der Waals surface area contributed by atoms with Crippen LogP contribution in [-0.2, 0) is 0 Å². The van der Waals surface area contributed by atoms with E-state index in [9.17, 15) is 9.50 Å². The topological polar surface area (TPSA) is 39.6 Å². The van der Waals surface area contributed by atoms with E-state index in [1.54, 1.807) is 6.20 Å². The first-order valence-electron chi connectivity index (χ1n) is 11.1. The highest BCUT2D eigenvalue weighted by Gasteiger charge is 2.30. The minimum atomic E-state index is -0.228. The van der Waals surface area contributed by atoms with Crippen LogP contribution < -0.4 is 4.90 Å². The molecule has 5 rings (SSSR count). The van der Waals surface area contributed by atoms with Crippen LogP contribution in [0.3, 0.4) is 0 Å². The van der Waals surface area contributed by atoms with Gasteiger partial charge in [-0.2, -0.15) is 0 Å². The van der Waals surface area contributed by atoms with Crippen LogP contribution in [-0.4, -0.2) is 41.2 Å². The predicted molar refractivity (Wildman–Crippen MR) is 132 cm³/mol. The molecule has 0 spiro atoms. The molecule has 1 fully saturated rings. The van der Waals surface area contributed by atoms with E-state index in [4.69, 9.17) is 11.6 Å². The van der Waals surface area contributed by atoms with Gasteiger partial charge in [0.25, 0.3) is 0 Å². The van der Waals surface area contributed by atoms with Crippen molar-refractivity contribution in [3.63, 3.8) is 0 Å². The van der Waals surface area contributed by atoms with Crippen molar-refractivity contribution in [2.45, 2.75) is 13.0 Å². The third-order valence-electron chi connectivity index (χ3n) is 6.40. The van der Waals surface area contributed by atoms with Gasteiger partial charge < -0.3 is 10.0 Å². The molecular formula is C27H25ClFN3O. The van der Waals surface area contributed by atoms with Crippen LogP contribution in [0.2, 0.25) is 5.02 Å². The average Bonchev–Trinajstić information content (AvgIpc) is 2.84. The molecule has 1 aliphatic heterocycles. The van der Waals surface area contributed by atoms with E-state index >= 15 is 0 Å². The van der Waals surface area contributed by atoms with Crippen molar-refractivity contribution in [2.75, 3.05) is 31.1 Å². The van der Waals surface area contributed by atoms with Gasteiger partial charge in [-0.3, -0.25) is 9.88 Å². The molecule has 6 heteroatoms. The van der Waals surface area contributed by atoms with Crippen LogP contribution >= 0.6 is 11.6 Å². The molecule has 0 amide bonds. The normalized spacial score (nSPS) is 15.7. The number of hydrogen-bond acceptors (Lipinski definition) is 4. The number of anilines is 1. The predicted octanol–water partition coefficient (Wildman–Crippen LogP) is 5.95. The molecule has 0 aliphatic carbocycles. The van der Waals surface area contributed by atoms with Crippen molar-refractivity contribution < 1.29 is 9.50 Å². The Balaban J connectivity index is 1.52. The van der Waals surface area contributed by atoms with Gasteiger partial charge in [0.05, 0.1) is 11.1 Å². The zero-order valence-electron chi connectivity index (χ0n) is 18.4. The largest absolute Gasteiger partial charge is 0.505 e. The molecule has 0 saturated carbocycles. The van der Waals surface area contributed by atoms with E-state index in [0.717, 1.165) is 48.4 Å². The van der Waals surface area contributed by atoms with Crippen molar-refractivity contribution >= 4 is 28.2 Å². The van der Waals surface area contributed by atoms with Gasteiger partial charge in [-0.1, -0.05) is 41.4 Å². The van der Waals surface area contributed by atoms with Crippen LogP contribution in [0.25, 0.3) is 10.9 Å². The standard InChI is InChI=1S/C27H25ClFN3O/c1-18-4-6-19(7-5-18)26(23-17-24(28)22-3-2-12-30-25(22)27(23)33)32-15-13-31(14-16-32)21-10-8-20(29)9-11-21/h2-12,17,26,33H,13-16H2,1H3/t26-/m1/s1. The molecule has 0 unspecified atom stereocenters. The summed E-state index contributed by atoms with van der Waals surface area (Å²) in [6.45, 7) is 5.23.